The molecule has 0 aliphatic rings. The Morgan fingerprint density at radius 3 is 2.19 bits per heavy atom. The molecular formula is C6H12N2O7S. The Bertz CT molecular complexity index is 363. The number of nitrogens with one attached hydrogen (secondary N) is 2. The maximum Gasteiger partial charge on any atom is 0.421 e. The van der Waals surface area contributed by atoms with E-state index < -0.39 is 34.4 Å². The zero-order valence-corrected chi connectivity index (χ0v) is 9.32. The van der Waals surface area contributed by atoms with Crippen molar-refractivity contribution in [1.29, 1.82) is 0 Å². The average molecular weight is 256 g/mol. The molecule has 0 aliphatic heterocycles. The number of hydrogen-bond donors (Lipinski definition) is 4. The molecule has 0 saturated heterocycles. The molecule has 0 aliphatic carbocycles. The average Bonchev–Trinajstić information content (AvgIpc) is 2.12. The van der Waals surface area contributed by atoms with E-state index in [1.807, 2.05) is 0 Å². The summed E-state index contributed by atoms with van der Waals surface area (Å²) in [5, 5.41) is 17.6. The number of carboxylic acid groups (broad SMARTS) is 1. The van der Waals surface area contributed by atoms with Gasteiger partial charge >= 0.3 is 22.3 Å². The number of rotatable bonds is 5. The van der Waals surface area contributed by atoms with Crippen LogP contribution in [0.15, 0.2) is 0 Å². The number of aliphatic hydroxyl groups excluding tert-OH is 1. The van der Waals surface area contributed by atoms with Crippen molar-refractivity contribution < 1.29 is 33.0 Å². The highest BCUT2D eigenvalue weighted by atomic mass is 32.2. The van der Waals surface area contributed by atoms with Gasteiger partial charge in [0.2, 0.25) is 0 Å². The van der Waals surface area contributed by atoms with Crippen molar-refractivity contribution >= 4 is 22.3 Å². The zero-order chi connectivity index (χ0) is 12.9. The number of aliphatic hydroxyl groups is 1. The normalized spacial score (nSPS) is 14.9. The summed E-state index contributed by atoms with van der Waals surface area (Å²) in [4.78, 5) is 21.1. The van der Waals surface area contributed by atoms with Crippen LogP contribution in [0.3, 0.4) is 0 Å². The lowest BCUT2D eigenvalue weighted by Gasteiger charge is -2.16. The fraction of sp³-hybridized carbons (Fsp3) is 0.667. The summed E-state index contributed by atoms with van der Waals surface area (Å²) < 4.78 is 29.2. The largest absolute Gasteiger partial charge is 0.480 e. The molecule has 0 spiro atoms. The lowest BCUT2D eigenvalue weighted by Crippen LogP contribution is -2.52. The summed E-state index contributed by atoms with van der Waals surface area (Å²) in [6, 6.07) is -1.76. The van der Waals surface area contributed by atoms with Crippen molar-refractivity contribution in [3.05, 3.63) is 0 Å². The van der Waals surface area contributed by atoms with Gasteiger partial charge in [-0.2, -0.15) is 13.1 Å². The highest BCUT2D eigenvalue weighted by Crippen LogP contribution is 1.95. The lowest BCUT2D eigenvalue weighted by atomic mass is 10.2. The Balaban J connectivity index is 4.68. The third-order valence-electron chi connectivity index (χ3n) is 1.43. The second-order valence-electron chi connectivity index (χ2n) is 2.77. The van der Waals surface area contributed by atoms with E-state index in [1.54, 1.807) is 4.72 Å². The molecule has 0 bridgehead atoms. The predicted octanol–water partition coefficient (Wildman–Crippen LogP) is -1.99. The van der Waals surface area contributed by atoms with Gasteiger partial charge in [-0.25, -0.2) is 9.52 Å². The summed E-state index contributed by atoms with van der Waals surface area (Å²) in [6.07, 6.45) is -2.74. The molecule has 0 aromatic rings. The number of aliphatic carboxylic acids is 1. The van der Waals surface area contributed by atoms with Crippen LogP contribution in [0.2, 0.25) is 0 Å². The maximum absolute atomic E-state index is 11.1. The molecule has 2 unspecified atom stereocenters. The molecule has 1 amide bonds. The zero-order valence-electron chi connectivity index (χ0n) is 8.50. The first kappa shape index (κ1) is 14.6. The highest BCUT2D eigenvalue weighted by Gasteiger charge is 2.29. The van der Waals surface area contributed by atoms with Gasteiger partial charge in [-0.15, -0.1) is 0 Å². The minimum Gasteiger partial charge on any atom is -0.480 e. The quantitative estimate of drug-likeness (QED) is 0.446. The highest BCUT2D eigenvalue weighted by molar-refractivity contribution is 7.88. The van der Waals surface area contributed by atoms with E-state index in [1.165, 1.54) is 4.72 Å². The molecule has 0 rings (SSSR count). The molecule has 9 nitrogen and oxygen atoms in total. The van der Waals surface area contributed by atoms with Crippen molar-refractivity contribution in [2.75, 3.05) is 7.11 Å². The van der Waals surface area contributed by atoms with Gasteiger partial charge in [0.25, 0.3) is 0 Å². The van der Waals surface area contributed by atoms with E-state index >= 15 is 0 Å². The Hall–Kier alpha value is -1.39. The Kier molecular flexibility index (Phi) is 5.14. The van der Waals surface area contributed by atoms with Crippen LogP contribution >= 0.6 is 0 Å². The number of amides is 1. The van der Waals surface area contributed by atoms with Crippen molar-refractivity contribution in [3.63, 3.8) is 0 Å². The van der Waals surface area contributed by atoms with Crippen molar-refractivity contribution in [1.82, 2.24) is 9.44 Å². The molecule has 16 heavy (non-hydrogen) atoms. The number of carbonyl (C=O) groups is 2. The van der Waals surface area contributed by atoms with Gasteiger partial charge in [-0.05, 0) is 6.92 Å². The minimum absolute atomic E-state index is 0.939. The Morgan fingerprint density at radius 2 is 1.88 bits per heavy atom. The van der Waals surface area contributed by atoms with E-state index in [0.717, 1.165) is 14.0 Å². The Labute approximate surface area is 91.6 Å². The second kappa shape index (κ2) is 5.63. The number of carboxylic acids is 1. The summed E-state index contributed by atoms with van der Waals surface area (Å²) in [7, 11) is -3.46. The summed E-state index contributed by atoms with van der Waals surface area (Å²) in [5.41, 5.74) is 0. The van der Waals surface area contributed by atoms with Gasteiger partial charge in [0, 0.05) is 0 Å². The van der Waals surface area contributed by atoms with E-state index in [9.17, 15) is 18.0 Å². The standard InChI is InChI=1S/C6H12N2O7S/c1-3(9)4(5(10)11)7-16(13,14)8-6(12)15-2/h3-4,7,9H,1-2H3,(H,8,12)(H,10,11). The molecule has 94 valence electrons. The number of ether oxygens (including phenoxy) is 1. The van der Waals surface area contributed by atoms with Crippen LogP contribution in [0.1, 0.15) is 6.92 Å². The monoisotopic (exact) mass is 256 g/mol. The van der Waals surface area contributed by atoms with Gasteiger partial charge in [0.1, 0.15) is 6.04 Å². The Morgan fingerprint density at radius 1 is 1.38 bits per heavy atom. The molecule has 4 N–H and O–H groups in total. The number of hydrogen-bond acceptors (Lipinski definition) is 6. The van der Waals surface area contributed by atoms with E-state index in [0.29, 0.717) is 0 Å². The molecule has 0 aromatic carbocycles. The first-order valence-corrected chi connectivity index (χ1v) is 5.47. The van der Waals surface area contributed by atoms with Gasteiger partial charge in [-0.3, -0.25) is 4.79 Å². The van der Waals surface area contributed by atoms with Gasteiger partial charge < -0.3 is 14.9 Å². The summed E-state index contributed by atoms with van der Waals surface area (Å²) in [5.74, 6) is -1.58. The topological polar surface area (TPSA) is 142 Å². The van der Waals surface area contributed by atoms with Gasteiger partial charge in [-0.1, -0.05) is 0 Å². The van der Waals surface area contributed by atoms with Crippen molar-refractivity contribution in [2.24, 2.45) is 0 Å². The SMILES string of the molecule is COC(=O)NS(=O)(=O)NC(C(=O)O)C(C)O. The van der Waals surface area contributed by atoms with Gasteiger partial charge in [0.05, 0.1) is 13.2 Å². The van der Waals surface area contributed by atoms with Crippen LogP contribution in [0.5, 0.6) is 0 Å². The molecule has 0 radical (unpaired) electrons. The van der Waals surface area contributed by atoms with Crippen LogP contribution in [0.4, 0.5) is 4.79 Å². The van der Waals surface area contributed by atoms with E-state index in [-0.39, 0.29) is 0 Å². The van der Waals surface area contributed by atoms with Crippen LogP contribution < -0.4 is 9.44 Å². The number of methoxy groups -OCH3 is 1. The second-order valence-corrected chi connectivity index (χ2v) is 4.22. The summed E-state index contributed by atoms with van der Waals surface area (Å²) >= 11 is 0. The van der Waals surface area contributed by atoms with Gasteiger partial charge in [0.15, 0.2) is 0 Å². The van der Waals surface area contributed by atoms with E-state index in [2.05, 4.69) is 4.74 Å². The molecule has 0 saturated carbocycles. The van der Waals surface area contributed by atoms with Crippen LogP contribution in [0, 0.1) is 0 Å². The number of carbonyl (C=O) groups excluding carboxylic acids is 1. The summed E-state index contributed by atoms with van der Waals surface area (Å²) in [6.45, 7) is 1.08. The van der Waals surface area contributed by atoms with E-state index in [4.69, 9.17) is 10.2 Å². The predicted molar refractivity (Wildman–Crippen MR) is 50.7 cm³/mol. The van der Waals surface area contributed by atoms with Crippen molar-refractivity contribution in [3.8, 4) is 0 Å². The van der Waals surface area contributed by atoms with Crippen LogP contribution in [-0.4, -0.2) is 49.9 Å². The minimum atomic E-state index is -4.40. The van der Waals surface area contributed by atoms with Crippen LogP contribution in [0.25, 0.3) is 0 Å². The molecule has 0 heterocycles. The maximum atomic E-state index is 11.1. The molecule has 10 heteroatoms. The third kappa shape index (κ3) is 4.91. The van der Waals surface area contributed by atoms with Crippen LogP contribution in [-0.2, 0) is 19.7 Å². The molecule has 0 aromatic heterocycles. The smallest absolute Gasteiger partial charge is 0.421 e. The first-order chi connectivity index (χ1) is 7.19. The first-order valence-electron chi connectivity index (χ1n) is 3.98. The van der Waals surface area contributed by atoms with Crippen molar-refractivity contribution in [2.45, 2.75) is 19.1 Å². The fourth-order valence-electron chi connectivity index (χ4n) is 0.703. The lowest BCUT2D eigenvalue weighted by molar-refractivity contribution is -0.141. The molecule has 0 fully saturated rings. The molecular weight excluding hydrogens is 244 g/mol. The fourth-order valence-corrected chi connectivity index (χ4v) is 1.70. The third-order valence-corrected chi connectivity index (χ3v) is 2.43. The molecule has 2 atom stereocenters.